The molecule has 0 amide bonds. The Hall–Kier alpha value is -1.75. The lowest BCUT2D eigenvalue weighted by atomic mass is 10.1. The molecule has 2 aromatic rings. The van der Waals surface area contributed by atoms with E-state index in [0.717, 1.165) is 10.9 Å². The fraction of sp³-hybridized carbons (Fsp3) is 0. The number of nitriles is 1. The summed E-state index contributed by atoms with van der Waals surface area (Å²) in [6.45, 7) is 5.66. The van der Waals surface area contributed by atoms with Crippen LogP contribution < -0.4 is 0 Å². The summed E-state index contributed by atoms with van der Waals surface area (Å²) in [6, 6.07) is 7.46. The molecule has 0 bridgehead atoms. The first-order valence-electron chi connectivity index (χ1n) is 3.58. The molecule has 0 saturated heterocycles. The number of hydrogen-bond donors (Lipinski definition) is 1. The number of benzene rings is 1. The van der Waals surface area contributed by atoms with Gasteiger partial charge in [0.25, 0.3) is 0 Å². The zero-order valence-electron chi connectivity index (χ0n) is 6.33. The summed E-state index contributed by atoms with van der Waals surface area (Å²) in [5, 5.41) is 9.54. The molecule has 0 aliphatic rings. The van der Waals surface area contributed by atoms with E-state index in [4.69, 9.17) is 12.2 Å². The van der Waals surface area contributed by atoms with Crippen LogP contribution in [0.2, 0.25) is 0 Å². The summed E-state index contributed by atoms with van der Waals surface area (Å²) in [4.78, 5) is 3.00. The summed E-state index contributed by atoms with van der Waals surface area (Å²) in [7, 11) is 0. The summed E-state index contributed by atoms with van der Waals surface area (Å²) in [5.41, 5.74) is 2.28. The Labute approximate surface area is 70.4 Å². The standard InChI is InChI=1S/C10H6N2/c1-7-6-12-10-3-2-8(5-11)4-9(7)10/h1-4,6,12H. The van der Waals surface area contributed by atoms with Crippen molar-refractivity contribution in [2.24, 2.45) is 0 Å². The number of H-pyrrole nitrogens is 1. The fourth-order valence-electron chi connectivity index (χ4n) is 1.21. The SMILES string of the molecule is [CH]c1c[nH]c2ccc(C#N)cc12. The van der Waals surface area contributed by atoms with Crippen molar-refractivity contribution in [3.63, 3.8) is 0 Å². The van der Waals surface area contributed by atoms with Crippen molar-refractivity contribution in [3.8, 4) is 6.07 Å². The van der Waals surface area contributed by atoms with Crippen LogP contribution in [-0.2, 0) is 0 Å². The lowest BCUT2D eigenvalue weighted by Gasteiger charge is -1.91. The molecular weight excluding hydrogens is 148 g/mol. The van der Waals surface area contributed by atoms with Crippen LogP contribution in [0.1, 0.15) is 11.1 Å². The van der Waals surface area contributed by atoms with Crippen LogP contribution in [-0.4, -0.2) is 4.98 Å². The molecule has 0 unspecified atom stereocenters. The van der Waals surface area contributed by atoms with Gasteiger partial charge in [-0.2, -0.15) is 5.26 Å². The molecule has 0 fully saturated rings. The summed E-state index contributed by atoms with van der Waals surface area (Å²) in [5.74, 6) is 0. The van der Waals surface area contributed by atoms with Crippen LogP contribution in [0.4, 0.5) is 0 Å². The van der Waals surface area contributed by atoms with Gasteiger partial charge >= 0.3 is 0 Å². The van der Waals surface area contributed by atoms with Crippen molar-refractivity contribution < 1.29 is 0 Å². The number of nitrogens with zero attached hydrogens (tertiary/aromatic N) is 1. The first-order valence-corrected chi connectivity index (χ1v) is 3.58. The Bertz CT molecular complexity index is 460. The zero-order chi connectivity index (χ0) is 8.55. The average molecular weight is 154 g/mol. The third-order valence-corrected chi connectivity index (χ3v) is 1.84. The molecule has 1 N–H and O–H groups in total. The van der Waals surface area contributed by atoms with Gasteiger partial charge in [0.2, 0.25) is 0 Å². The minimum Gasteiger partial charge on any atom is -0.361 e. The highest BCUT2D eigenvalue weighted by Gasteiger charge is 1.99. The normalized spacial score (nSPS) is 10.0. The predicted octanol–water partition coefficient (Wildman–Crippen LogP) is 2.10. The molecule has 1 aromatic carbocycles. The van der Waals surface area contributed by atoms with Crippen molar-refractivity contribution in [3.05, 3.63) is 42.4 Å². The molecule has 2 rings (SSSR count). The van der Waals surface area contributed by atoms with Crippen molar-refractivity contribution >= 4 is 10.9 Å². The van der Waals surface area contributed by atoms with Crippen molar-refractivity contribution in [2.45, 2.75) is 0 Å². The lowest BCUT2D eigenvalue weighted by molar-refractivity contribution is 1.46. The minimum atomic E-state index is 0.633. The highest BCUT2D eigenvalue weighted by molar-refractivity contribution is 5.85. The molecule has 1 aromatic heterocycles. The summed E-state index contributed by atoms with van der Waals surface area (Å²) >= 11 is 0. The Kier molecular flexibility index (Phi) is 1.38. The van der Waals surface area contributed by atoms with Crippen molar-refractivity contribution in [2.75, 3.05) is 0 Å². The van der Waals surface area contributed by atoms with Gasteiger partial charge in [-0.1, -0.05) is 0 Å². The number of aromatic amines is 1. The van der Waals surface area contributed by atoms with E-state index in [0.29, 0.717) is 11.1 Å². The molecular formula is C10H6N2. The number of aromatic nitrogens is 1. The molecule has 2 nitrogen and oxygen atoms in total. The molecule has 2 radical (unpaired) electrons. The van der Waals surface area contributed by atoms with E-state index in [-0.39, 0.29) is 0 Å². The van der Waals surface area contributed by atoms with Crippen molar-refractivity contribution in [1.82, 2.24) is 4.98 Å². The van der Waals surface area contributed by atoms with Gasteiger partial charge in [0.15, 0.2) is 0 Å². The molecule has 56 valence electrons. The second-order valence-corrected chi connectivity index (χ2v) is 2.62. The first kappa shape index (κ1) is 6.93. The molecule has 0 spiro atoms. The Morgan fingerprint density at radius 3 is 3.00 bits per heavy atom. The van der Waals surface area contributed by atoms with Crippen LogP contribution in [0.15, 0.2) is 24.4 Å². The topological polar surface area (TPSA) is 39.6 Å². The van der Waals surface area contributed by atoms with E-state index < -0.39 is 0 Å². The summed E-state index contributed by atoms with van der Waals surface area (Å²) < 4.78 is 0. The van der Waals surface area contributed by atoms with Crippen LogP contribution >= 0.6 is 0 Å². The van der Waals surface area contributed by atoms with E-state index in [1.165, 1.54) is 0 Å². The van der Waals surface area contributed by atoms with Gasteiger partial charge in [-0.25, -0.2) is 0 Å². The Balaban J connectivity index is 2.82. The molecule has 0 aliphatic heterocycles. The zero-order valence-corrected chi connectivity index (χ0v) is 6.33. The van der Waals surface area contributed by atoms with Gasteiger partial charge < -0.3 is 4.98 Å². The van der Waals surface area contributed by atoms with Gasteiger partial charge in [-0.3, -0.25) is 0 Å². The van der Waals surface area contributed by atoms with Gasteiger partial charge in [-0.05, 0) is 23.8 Å². The van der Waals surface area contributed by atoms with Gasteiger partial charge in [0, 0.05) is 24.0 Å². The van der Waals surface area contributed by atoms with E-state index >= 15 is 0 Å². The minimum absolute atomic E-state index is 0.633. The van der Waals surface area contributed by atoms with Crippen LogP contribution in [0.25, 0.3) is 10.9 Å². The monoisotopic (exact) mass is 154 g/mol. The lowest BCUT2D eigenvalue weighted by Crippen LogP contribution is -1.73. The predicted molar refractivity (Wildman–Crippen MR) is 46.4 cm³/mol. The quantitative estimate of drug-likeness (QED) is 0.620. The molecule has 0 atom stereocenters. The average Bonchev–Trinajstić information content (AvgIpc) is 2.47. The van der Waals surface area contributed by atoms with Gasteiger partial charge in [-0.15, -0.1) is 0 Å². The van der Waals surface area contributed by atoms with E-state index in [1.807, 2.05) is 6.07 Å². The summed E-state index contributed by atoms with van der Waals surface area (Å²) in [6.07, 6.45) is 1.73. The maximum Gasteiger partial charge on any atom is 0.0991 e. The van der Waals surface area contributed by atoms with Crippen LogP contribution in [0.5, 0.6) is 0 Å². The Morgan fingerprint density at radius 1 is 1.42 bits per heavy atom. The molecule has 0 aliphatic carbocycles. The van der Waals surface area contributed by atoms with E-state index in [2.05, 4.69) is 11.1 Å². The maximum atomic E-state index is 8.62. The molecule has 0 saturated carbocycles. The molecule has 1 heterocycles. The number of rotatable bonds is 0. The first-order chi connectivity index (χ1) is 5.81. The second kappa shape index (κ2) is 2.38. The molecule has 12 heavy (non-hydrogen) atoms. The second-order valence-electron chi connectivity index (χ2n) is 2.62. The van der Waals surface area contributed by atoms with Crippen molar-refractivity contribution in [1.29, 1.82) is 5.26 Å². The van der Waals surface area contributed by atoms with Gasteiger partial charge in [0.1, 0.15) is 0 Å². The highest BCUT2D eigenvalue weighted by atomic mass is 14.7. The van der Waals surface area contributed by atoms with Crippen LogP contribution in [0.3, 0.4) is 0 Å². The van der Waals surface area contributed by atoms with Gasteiger partial charge in [0.05, 0.1) is 11.6 Å². The number of fused-ring (bicyclic) bond motifs is 1. The largest absolute Gasteiger partial charge is 0.361 e. The van der Waals surface area contributed by atoms with E-state index in [9.17, 15) is 0 Å². The third kappa shape index (κ3) is 0.876. The fourth-order valence-corrected chi connectivity index (χ4v) is 1.21. The number of nitrogens with one attached hydrogen (secondary N) is 1. The van der Waals surface area contributed by atoms with Crippen LogP contribution in [0, 0.1) is 18.3 Å². The smallest absolute Gasteiger partial charge is 0.0991 e. The van der Waals surface area contributed by atoms with E-state index in [1.54, 1.807) is 18.3 Å². The maximum absolute atomic E-state index is 8.62. The Morgan fingerprint density at radius 2 is 2.25 bits per heavy atom. The number of hydrogen-bond acceptors (Lipinski definition) is 1. The highest BCUT2D eigenvalue weighted by Crippen LogP contribution is 2.18. The third-order valence-electron chi connectivity index (χ3n) is 1.84. The molecule has 2 heteroatoms.